The van der Waals surface area contributed by atoms with Crippen molar-refractivity contribution in [2.45, 2.75) is 32.9 Å². The number of anilines is 1. The molecule has 2 aromatic rings. The molecule has 6 nitrogen and oxygen atoms in total. The maximum atomic E-state index is 12.1. The summed E-state index contributed by atoms with van der Waals surface area (Å²) in [6, 6.07) is 4.97. The Labute approximate surface area is 138 Å². The predicted molar refractivity (Wildman–Crippen MR) is 90.7 cm³/mol. The molecule has 0 saturated heterocycles. The number of rotatable bonds is 5. The molecule has 0 aromatic carbocycles. The van der Waals surface area contributed by atoms with Gasteiger partial charge in [-0.2, -0.15) is 0 Å². The highest BCUT2D eigenvalue weighted by Gasteiger charge is 2.20. The van der Waals surface area contributed by atoms with Crippen LogP contribution in [0, 0.1) is 0 Å². The van der Waals surface area contributed by atoms with Crippen LogP contribution in [0.2, 0.25) is 0 Å². The number of hydrogen-bond donors (Lipinski definition) is 1. The molecule has 0 fully saturated rings. The molecule has 122 valence electrons. The van der Waals surface area contributed by atoms with E-state index in [0.717, 1.165) is 31.7 Å². The number of hydrogen-bond acceptors (Lipinski definition) is 5. The summed E-state index contributed by atoms with van der Waals surface area (Å²) >= 11 is 1.55. The topological polar surface area (TPSA) is 67.2 Å². The number of aromatic nitrogens is 2. The second-order valence-electron chi connectivity index (χ2n) is 5.54. The minimum atomic E-state index is -0.112. The number of nitrogens with zero attached hydrogens (tertiary/aromatic N) is 3. The largest absolute Gasteiger partial charge is 0.315 e. The number of thiazole rings is 1. The molecule has 3 heterocycles. The van der Waals surface area contributed by atoms with E-state index in [-0.39, 0.29) is 17.9 Å². The number of fused-ring (bicyclic) bond motifs is 1. The monoisotopic (exact) mass is 332 g/mol. The molecule has 2 aromatic heterocycles. The van der Waals surface area contributed by atoms with Gasteiger partial charge >= 0.3 is 0 Å². The van der Waals surface area contributed by atoms with E-state index in [9.17, 15) is 9.59 Å². The maximum Gasteiger partial charge on any atom is 0.250 e. The van der Waals surface area contributed by atoms with Crippen LogP contribution in [0.25, 0.3) is 0 Å². The number of carbonyl (C=O) groups excluding carboxylic acids is 1. The van der Waals surface area contributed by atoms with Crippen molar-refractivity contribution >= 4 is 22.4 Å². The van der Waals surface area contributed by atoms with Crippen LogP contribution in [-0.2, 0) is 24.3 Å². The highest BCUT2D eigenvalue weighted by atomic mass is 32.1. The Kier molecular flexibility index (Phi) is 4.88. The van der Waals surface area contributed by atoms with Crippen molar-refractivity contribution in [3.05, 3.63) is 45.3 Å². The maximum absolute atomic E-state index is 12.1. The van der Waals surface area contributed by atoms with E-state index < -0.39 is 0 Å². The lowest BCUT2D eigenvalue weighted by atomic mass is 10.2. The lowest BCUT2D eigenvalue weighted by Crippen LogP contribution is -2.29. The zero-order valence-corrected chi connectivity index (χ0v) is 13.9. The van der Waals surface area contributed by atoms with Gasteiger partial charge in [0.15, 0.2) is 5.13 Å². The van der Waals surface area contributed by atoms with Crippen molar-refractivity contribution in [2.75, 3.05) is 18.4 Å². The van der Waals surface area contributed by atoms with Crippen molar-refractivity contribution in [2.24, 2.45) is 0 Å². The van der Waals surface area contributed by atoms with Crippen LogP contribution in [0.1, 0.15) is 23.9 Å². The summed E-state index contributed by atoms with van der Waals surface area (Å²) in [7, 11) is 0. The van der Waals surface area contributed by atoms with Crippen LogP contribution in [0.4, 0.5) is 5.13 Å². The lowest BCUT2D eigenvalue weighted by Gasteiger charge is -2.23. The Bertz CT molecular complexity index is 753. The predicted octanol–water partition coefficient (Wildman–Crippen LogP) is 1.71. The molecule has 7 heteroatoms. The molecular weight excluding hydrogens is 312 g/mol. The summed E-state index contributed by atoms with van der Waals surface area (Å²) in [6.45, 7) is 5.50. The molecule has 0 aliphatic carbocycles. The molecule has 1 aliphatic rings. The number of nitrogens with one attached hydrogen (secondary N) is 1. The molecule has 1 aliphatic heterocycles. The average molecular weight is 332 g/mol. The van der Waals surface area contributed by atoms with Gasteiger partial charge in [0.1, 0.15) is 0 Å². The lowest BCUT2D eigenvalue weighted by molar-refractivity contribution is -0.116. The van der Waals surface area contributed by atoms with E-state index in [1.807, 2.05) is 0 Å². The first-order valence-electron chi connectivity index (χ1n) is 7.82. The Balaban J connectivity index is 1.57. The van der Waals surface area contributed by atoms with Gasteiger partial charge in [0.25, 0.3) is 5.56 Å². The molecule has 0 atom stereocenters. The summed E-state index contributed by atoms with van der Waals surface area (Å²) in [5.74, 6) is -0.112. The summed E-state index contributed by atoms with van der Waals surface area (Å²) in [6.07, 6.45) is 2.89. The molecule has 0 saturated carbocycles. The average Bonchev–Trinajstić information content (AvgIpc) is 2.95. The van der Waals surface area contributed by atoms with Gasteiger partial charge in [-0.05, 0) is 12.6 Å². The zero-order valence-electron chi connectivity index (χ0n) is 13.1. The first kappa shape index (κ1) is 15.9. The quantitative estimate of drug-likeness (QED) is 0.905. The third kappa shape index (κ3) is 3.86. The van der Waals surface area contributed by atoms with Gasteiger partial charge in [-0.15, -0.1) is 11.3 Å². The van der Waals surface area contributed by atoms with E-state index in [1.165, 1.54) is 15.5 Å². The van der Waals surface area contributed by atoms with Gasteiger partial charge < -0.3 is 9.88 Å². The second kappa shape index (κ2) is 7.06. The van der Waals surface area contributed by atoms with Crippen LogP contribution in [-0.4, -0.2) is 33.4 Å². The van der Waals surface area contributed by atoms with Crippen LogP contribution in [0.3, 0.4) is 0 Å². The SMILES string of the molecule is CCN1CCc2nc(NC(=O)CCn3ccccc3=O)sc2C1. The Morgan fingerprint density at radius 3 is 3.09 bits per heavy atom. The highest BCUT2D eigenvalue weighted by Crippen LogP contribution is 2.28. The van der Waals surface area contributed by atoms with Crippen LogP contribution in [0.5, 0.6) is 0 Å². The molecule has 1 amide bonds. The fraction of sp³-hybridized carbons (Fsp3) is 0.438. The van der Waals surface area contributed by atoms with Crippen LogP contribution >= 0.6 is 11.3 Å². The Morgan fingerprint density at radius 2 is 2.30 bits per heavy atom. The summed E-state index contributed by atoms with van der Waals surface area (Å²) in [5.41, 5.74) is 1.01. The van der Waals surface area contributed by atoms with Gasteiger partial charge in [-0.1, -0.05) is 13.0 Å². The summed E-state index contributed by atoms with van der Waals surface area (Å²) in [5, 5.41) is 3.52. The first-order valence-corrected chi connectivity index (χ1v) is 8.63. The van der Waals surface area contributed by atoms with E-state index in [4.69, 9.17) is 0 Å². The van der Waals surface area contributed by atoms with Gasteiger partial charge in [-0.25, -0.2) is 4.98 Å². The number of likely N-dealkylation sites (N-methyl/N-ethyl adjacent to an activating group) is 1. The van der Waals surface area contributed by atoms with Crippen molar-refractivity contribution in [3.63, 3.8) is 0 Å². The van der Waals surface area contributed by atoms with E-state index in [2.05, 4.69) is 22.1 Å². The fourth-order valence-electron chi connectivity index (χ4n) is 2.62. The standard InChI is InChI=1S/C16H20N4O2S/c1-2-19-9-6-12-13(11-19)23-16(17-12)18-14(21)7-10-20-8-4-3-5-15(20)22/h3-5,8H,2,6-7,9-11H2,1H3,(H,17,18,21). The molecule has 0 spiro atoms. The van der Waals surface area contributed by atoms with Gasteiger partial charge in [0.05, 0.1) is 5.69 Å². The van der Waals surface area contributed by atoms with Gasteiger partial charge in [-0.3, -0.25) is 14.5 Å². The molecule has 23 heavy (non-hydrogen) atoms. The van der Waals surface area contributed by atoms with Gasteiger partial charge in [0, 0.05) is 49.6 Å². The number of aryl methyl sites for hydroxylation is 1. The number of carbonyl (C=O) groups is 1. The molecule has 0 unspecified atom stereocenters. The van der Waals surface area contributed by atoms with E-state index in [1.54, 1.807) is 29.7 Å². The molecule has 0 radical (unpaired) electrons. The van der Waals surface area contributed by atoms with Crippen molar-refractivity contribution < 1.29 is 4.79 Å². The first-order chi connectivity index (χ1) is 11.2. The third-order valence-corrected chi connectivity index (χ3v) is 4.98. The zero-order chi connectivity index (χ0) is 16.2. The molecule has 3 rings (SSSR count). The molecule has 0 bridgehead atoms. The third-order valence-electron chi connectivity index (χ3n) is 3.98. The molecule has 1 N–H and O–H groups in total. The summed E-state index contributed by atoms with van der Waals surface area (Å²) < 4.78 is 1.53. The van der Waals surface area contributed by atoms with E-state index in [0.29, 0.717) is 11.7 Å². The van der Waals surface area contributed by atoms with Crippen LogP contribution in [0.15, 0.2) is 29.2 Å². The number of pyridine rings is 1. The van der Waals surface area contributed by atoms with Crippen molar-refractivity contribution in [1.82, 2.24) is 14.5 Å². The van der Waals surface area contributed by atoms with Crippen molar-refractivity contribution in [3.8, 4) is 0 Å². The van der Waals surface area contributed by atoms with Crippen molar-refractivity contribution in [1.29, 1.82) is 0 Å². The fourth-order valence-corrected chi connectivity index (χ4v) is 3.69. The minimum Gasteiger partial charge on any atom is -0.315 e. The second-order valence-corrected chi connectivity index (χ2v) is 6.62. The Hall–Kier alpha value is -1.99. The molecular formula is C16H20N4O2S. The minimum absolute atomic E-state index is 0.0929. The van der Waals surface area contributed by atoms with E-state index >= 15 is 0 Å². The smallest absolute Gasteiger partial charge is 0.250 e. The van der Waals surface area contributed by atoms with Crippen LogP contribution < -0.4 is 10.9 Å². The van der Waals surface area contributed by atoms with Gasteiger partial charge in [0.2, 0.25) is 5.91 Å². The Morgan fingerprint density at radius 1 is 1.43 bits per heavy atom. The number of amides is 1. The summed E-state index contributed by atoms with van der Waals surface area (Å²) in [4.78, 5) is 31.8. The highest BCUT2D eigenvalue weighted by molar-refractivity contribution is 7.15. The normalized spacial score (nSPS) is 14.5.